The topological polar surface area (TPSA) is 94.6 Å². The highest BCUT2D eigenvalue weighted by atomic mass is 16.5. The van der Waals surface area contributed by atoms with Gasteiger partial charge in [-0.1, -0.05) is 12.1 Å². The van der Waals surface area contributed by atoms with Crippen LogP contribution in [-0.2, 0) is 19.5 Å². The molecule has 0 saturated carbocycles. The number of aromatic nitrogens is 3. The van der Waals surface area contributed by atoms with Gasteiger partial charge in [0, 0.05) is 38.2 Å². The maximum Gasteiger partial charge on any atom is 0.287 e. The molecule has 1 aliphatic rings. The van der Waals surface area contributed by atoms with Gasteiger partial charge in [0.25, 0.3) is 5.91 Å². The van der Waals surface area contributed by atoms with Crippen molar-refractivity contribution in [2.24, 2.45) is 0 Å². The molecule has 31 heavy (non-hydrogen) atoms. The summed E-state index contributed by atoms with van der Waals surface area (Å²) >= 11 is 0. The SMILES string of the molecule is COc1cccc(CN2CCc3nnc(C(C)NC(=O)c4ccco4)n3CC2)c1OC. The Morgan fingerprint density at radius 1 is 1.16 bits per heavy atom. The predicted molar refractivity (Wildman–Crippen MR) is 113 cm³/mol. The summed E-state index contributed by atoms with van der Waals surface area (Å²) in [6, 6.07) is 8.97. The molecule has 4 rings (SSSR count). The molecule has 1 aliphatic heterocycles. The average Bonchev–Trinajstić information content (AvgIpc) is 3.42. The van der Waals surface area contributed by atoms with Gasteiger partial charge < -0.3 is 23.8 Å². The van der Waals surface area contributed by atoms with Crippen LogP contribution in [0.15, 0.2) is 41.0 Å². The van der Waals surface area contributed by atoms with Crippen LogP contribution in [0, 0.1) is 0 Å². The summed E-state index contributed by atoms with van der Waals surface area (Å²) in [6.45, 7) is 5.08. The van der Waals surface area contributed by atoms with Crippen LogP contribution in [0.2, 0.25) is 0 Å². The number of para-hydroxylation sites is 1. The van der Waals surface area contributed by atoms with E-state index in [9.17, 15) is 4.79 Å². The second-order valence-corrected chi connectivity index (χ2v) is 7.48. The van der Waals surface area contributed by atoms with E-state index in [1.165, 1.54) is 6.26 Å². The largest absolute Gasteiger partial charge is 0.493 e. The number of nitrogens with one attached hydrogen (secondary N) is 1. The van der Waals surface area contributed by atoms with Crippen molar-refractivity contribution >= 4 is 5.91 Å². The van der Waals surface area contributed by atoms with E-state index in [0.29, 0.717) is 0 Å². The molecule has 2 aromatic heterocycles. The third kappa shape index (κ3) is 4.41. The standard InChI is InChI=1S/C22H27N5O4/c1-15(23-22(28)18-8-5-13-31-18)21-25-24-19-9-10-26(11-12-27(19)21)14-16-6-4-7-17(29-2)20(16)30-3/h4-8,13,15H,9-12,14H2,1-3H3,(H,23,28). The van der Waals surface area contributed by atoms with Crippen LogP contribution < -0.4 is 14.8 Å². The molecule has 9 nitrogen and oxygen atoms in total. The zero-order chi connectivity index (χ0) is 21.8. The van der Waals surface area contributed by atoms with E-state index in [1.807, 2.05) is 19.1 Å². The normalized spacial score (nSPS) is 15.1. The van der Waals surface area contributed by atoms with Crippen molar-refractivity contribution in [1.29, 1.82) is 0 Å². The first-order valence-electron chi connectivity index (χ1n) is 10.3. The molecule has 0 aliphatic carbocycles. The number of furan rings is 1. The predicted octanol–water partition coefficient (Wildman–Crippen LogP) is 2.44. The van der Waals surface area contributed by atoms with Crippen LogP contribution in [0.25, 0.3) is 0 Å². The van der Waals surface area contributed by atoms with E-state index < -0.39 is 0 Å². The Bertz CT molecular complexity index is 1030. The van der Waals surface area contributed by atoms with Crippen molar-refractivity contribution in [1.82, 2.24) is 25.0 Å². The number of hydrogen-bond donors (Lipinski definition) is 1. The third-order valence-electron chi connectivity index (χ3n) is 5.51. The molecule has 3 heterocycles. The van der Waals surface area contributed by atoms with Crippen LogP contribution in [0.5, 0.6) is 11.5 Å². The van der Waals surface area contributed by atoms with E-state index in [-0.39, 0.29) is 17.7 Å². The second kappa shape index (κ2) is 9.22. The quantitative estimate of drug-likeness (QED) is 0.621. The smallest absolute Gasteiger partial charge is 0.287 e. The number of carbonyl (C=O) groups is 1. The molecule has 9 heteroatoms. The number of methoxy groups -OCH3 is 2. The summed E-state index contributed by atoms with van der Waals surface area (Å²) in [5.74, 6) is 3.18. The van der Waals surface area contributed by atoms with E-state index in [0.717, 1.165) is 61.3 Å². The number of benzene rings is 1. The Labute approximate surface area is 181 Å². The lowest BCUT2D eigenvalue weighted by Crippen LogP contribution is -2.30. The summed E-state index contributed by atoms with van der Waals surface area (Å²) in [5.41, 5.74) is 1.08. The molecule has 1 aromatic carbocycles. The van der Waals surface area contributed by atoms with Gasteiger partial charge in [0.05, 0.1) is 26.5 Å². The number of carbonyl (C=O) groups excluding carboxylic acids is 1. The Morgan fingerprint density at radius 2 is 2.03 bits per heavy atom. The van der Waals surface area contributed by atoms with Gasteiger partial charge in [-0.2, -0.15) is 0 Å². The van der Waals surface area contributed by atoms with Crippen LogP contribution in [0.1, 0.15) is 40.7 Å². The van der Waals surface area contributed by atoms with E-state index in [1.54, 1.807) is 26.4 Å². The summed E-state index contributed by atoms with van der Waals surface area (Å²) in [4.78, 5) is 14.7. The summed E-state index contributed by atoms with van der Waals surface area (Å²) < 4.78 is 18.3. The molecule has 0 fully saturated rings. The second-order valence-electron chi connectivity index (χ2n) is 7.48. The van der Waals surface area contributed by atoms with Crippen LogP contribution in [0.3, 0.4) is 0 Å². The highest BCUT2D eigenvalue weighted by molar-refractivity contribution is 5.91. The minimum atomic E-state index is -0.288. The van der Waals surface area contributed by atoms with Gasteiger partial charge >= 0.3 is 0 Å². The molecule has 1 unspecified atom stereocenters. The number of nitrogens with zero attached hydrogens (tertiary/aromatic N) is 4. The van der Waals surface area contributed by atoms with Crippen molar-refractivity contribution in [3.05, 3.63) is 59.6 Å². The summed E-state index contributed by atoms with van der Waals surface area (Å²) in [6.07, 6.45) is 2.26. The van der Waals surface area contributed by atoms with Crippen LogP contribution in [0.4, 0.5) is 0 Å². The number of hydrogen-bond acceptors (Lipinski definition) is 7. The van der Waals surface area contributed by atoms with Crippen LogP contribution in [-0.4, -0.2) is 52.9 Å². The molecular weight excluding hydrogens is 398 g/mol. The maximum absolute atomic E-state index is 12.3. The third-order valence-corrected chi connectivity index (χ3v) is 5.51. The minimum absolute atomic E-state index is 0.268. The number of fused-ring (bicyclic) bond motifs is 1. The van der Waals surface area contributed by atoms with Gasteiger partial charge in [-0.3, -0.25) is 9.69 Å². The monoisotopic (exact) mass is 425 g/mol. The molecule has 164 valence electrons. The molecule has 0 radical (unpaired) electrons. The van der Waals surface area contributed by atoms with Gasteiger partial charge in [0.1, 0.15) is 5.82 Å². The van der Waals surface area contributed by atoms with Crippen molar-refractivity contribution in [3.8, 4) is 11.5 Å². The van der Waals surface area contributed by atoms with Crippen molar-refractivity contribution in [3.63, 3.8) is 0 Å². The fourth-order valence-electron chi connectivity index (χ4n) is 3.93. The molecule has 0 bridgehead atoms. The van der Waals surface area contributed by atoms with Gasteiger partial charge in [-0.05, 0) is 25.1 Å². The summed E-state index contributed by atoms with van der Waals surface area (Å²) in [7, 11) is 3.31. The number of rotatable bonds is 7. The van der Waals surface area contributed by atoms with E-state index in [2.05, 4.69) is 31.0 Å². The Balaban J connectivity index is 1.44. The molecular formula is C22H27N5O4. The number of amides is 1. The molecule has 1 amide bonds. The Morgan fingerprint density at radius 3 is 2.77 bits per heavy atom. The lowest BCUT2D eigenvalue weighted by molar-refractivity contribution is 0.0909. The van der Waals surface area contributed by atoms with E-state index in [4.69, 9.17) is 13.9 Å². The molecule has 1 atom stereocenters. The first-order valence-corrected chi connectivity index (χ1v) is 10.3. The fourth-order valence-corrected chi connectivity index (χ4v) is 3.93. The molecule has 3 aromatic rings. The van der Waals surface area contributed by atoms with Crippen molar-refractivity contribution in [2.45, 2.75) is 32.5 Å². The van der Waals surface area contributed by atoms with Crippen LogP contribution >= 0.6 is 0 Å². The number of ether oxygens (including phenoxy) is 2. The molecule has 1 N–H and O–H groups in total. The minimum Gasteiger partial charge on any atom is -0.493 e. The Kier molecular flexibility index (Phi) is 6.22. The molecule has 0 saturated heterocycles. The van der Waals surface area contributed by atoms with Crippen molar-refractivity contribution in [2.75, 3.05) is 27.3 Å². The lowest BCUT2D eigenvalue weighted by Gasteiger charge is -2.22. The highest BCUT2D eigenvalue weighted by Crippen LogP contribution is 2.31. The van der Waals surface area contributed by atoms with Gasteiger partial charge in [-0.25, -0.2) is 0 Å². The fraction of sp³-hybridized carbons (Fsp3) is 0.409. The maximum atomic E-state index is 12.3. The first kappa shape index (κ1) is 20.9. The zero-order valence-electron chi connectivity index (χ0n) is 18.0. The van der Waals surface area contributed by atoms with Gasteiger partial charge in [0.2, 0.25) is 0 Å². The van der Waals surface area contributed by atoms with Gasteiger partial charge in [0.15, 0.2) is 23.1 Å². The molecule has 0 spiro atoms. The lowest BCUT2D eigenvalue weighted by atomic mass is 10.1. The average molecular weight is 425 g/mol. The Hall–Kier alpha value is -3.33. The zero-order valence-corrected chi connectivity index (χ0v) is 18.0. The highest BCUT2D eigenvalue weighted by Gasteiger charge is 2.24. The summed E-state index contributed by atoms with van der Waals surface area (Å²) in [5, 5.41) is 11.7. The van der Waals surface area contributed by atoms with Gasteiger partial charge in [-0.15, -0.1) is 10.2 Å². The van der Waals surface area contributed by atoms with E-state index >= 15 is 0 Å². The van der Waals surface area contributed by atoms with Crippen molar-refractivity contribution < 1.29 is 18.7 Å². The first-order chi connectivity index (χ1) is 15.1.